The van der Waals surface area contributed by atoms with Crippen molar-refractivity contribution in [2.24, 2.45) is 0 Å². The van der Waals surface area contributed by atoms with Gasteiger partial charge in [-0.15, -0.1) is 0 Å². The molecule has 1 aliphatic heterocycles. The Morgan fingerprint density at radius 2 is 1.40 bits per heavy atom. The van der Waals surface area contributed by atoms with Crippen LogP contribution in [0.3, 0.4) is 0 Å². The fourth-order valence-corrected chi connectivity index (χ4v) is 3.79. The number of halogens is 1. The first-order valence-corrected chi connectivity index (χ1v) is 10.1. The molecule has 1 fully saturated rings. The van der Waals surface area contributed by atoms with E-state index in [4.69, 9.17) is 0 Å². The fraction of sp³-hybridized carbons (Fsp3) is 0.185. The molecule has 3 heteroatoms. The topological polar surface area (TPSA) is 23.5 Å². The van der Waals surface area contributed by atoms with Gasteiger partial charge in [0, 0.05) is 29.9 Å². The van der Waals surface area contributed by atoms with Crippen LogP contribution in [-0.4, -0.2) is 23.1 Å². The van der Waals surface area contributed by atoms with E-state index in [9.17, 15) is 9.50 Å². The van der Waals surface area contributed by atoms with Gasteiger partial charge in [0.25, 0.3) is 0 Å². The number of rotatable bonds is 3. The maximum atomic E-state index is 13.2. The Balaban J connectivity index is 1.39. The molecule has 0 saturated carbocycles. The van der Waals surface area contributed by atoms with Crippen molar-refractivity contribution >= 4 is 5.70 Å². The highest BCUT2D eigenvalue weighted by Gasteiger charge is 2.34. The molecule has 1 N–H and O–H groups in total. The summed E-state index contributed by atoms with van der Waals surface area (Å²) in [5.74, 6) is 6.07. The third-order valence-corrected chi connectivity index (χ3v) is 5.70. The third kappa shape index (κ3) is 4.45. The van der Waals surface area contributed by atoms with Crippen LogP contribution in [0.1, 0.15) is 35.1 Å². The highest BCUT2D eigenvalue weighted by atomic mass is 19.1. The Kier molecular flexibility index (Phi) is 5.70. The van der Waals surface area contributed by atoms with Gasteiger partial charge in [-0.1, -0.05) is 60.9 Å². The molecule has 1 saturated heterocycles. The van der Waals surface area contributed by atoms with E-state index in [2.05, 4.69) is 23.3 Å². The van der Waals surface area contributed by atoms with Gasteiger partial charge in [0.15, 0.2) is 0 Å². The predicted octanol–water partition coefficient (Wildman–Crippen LogP) is 5.18. The van der Waals surface area contributed by atoms with Crippen LogP contribution in [0.4, 0.5) is 4.39 Å². The maximum absolute atomic E-state index is 13.2. The van der Waals surface area contributed by atoms with E-state index in [1.54, 1.807) is 12.1 Å². The van der Waals surface area contributed by atoms with Crippen LogP contribution in [0.2, 0.25) is 0 Å². The van der Waals surface area contributed by atoms with E-state index in [0.717, 1.165) is 28.0 Å². The monoisotopic (exact) mass is 397 g/mol. The van der Waals surface area contributed by atoms with Gasteiger partial charge in [0.2, 0.25) is 0 Å². The Labute approximate surface area is 177 Å². The van der Waals surface area contributed by atoms with Crippen LogP contribution in [0.25, 0.3) is 5.70 Å². The Morgan fingerprint density at radius 1 is 0.833 bits per heavy atom. The molecule has 2 nitrogen and oxygen atoms in total. The molecule has 0 aliphatic carbocycles. The van der Waals surface area contributed by atoms with Gasteiger partial charge in [-0.3, -0.25) is 0 Å². The number of benzene rings is 3. The van der Waals surface area contributed by atoms with Crippen LogP contribution in [0.5, 0.6) is 0 Å². The minimum absolute atomic E-state index is 0.287. The average molecular weight is 397 g/mol. The van der Waals surface area contributed by atoms with Gasteiger partial charge in [-0.2, -0.15) is 0 Å². The highest BCUT2D eigenvalue weighted by Crippen LogP contribution is 2.35. The number of hydrogen-bond donors (Lipinski definition) is 1. The number of piperidine rings is 1. The summed E-state index contributed by atoms with van der Waals surface area (Å²) in [7, 11) is 0. The van der Waals surface area contributed by atoms with Crippen molar-refractivity contribution in [1.82, 2.24) is 4.90 Å². The van der Waals surface area contributed by atoms with E-state index in [0.29, 0.717) is 25.9 Å². The molecule has 0 atom stereocenters. The van der Waals surface area contributed by atoms with Crippen molar-refractivity contribution in [3.8, 4) is 11.8 Å². The molecule has 3 aromatic rings. The van der Waals surface area contributed by atoms with Crippen LogP contribution in [0, 0.1) is 17.7 Å². The lowest BCUT2D eigenvalue weighted by Gasteiger charge is -2.40. The van der Waals surface area contributed by atoms with Crippen molar-refractivity contribution in [1.29, 1.82) is 0 Å². The van der Waals surface area contributed by atoms with Gasteiger partial charge >= 0.3 is 0 Å². The summed E-state index contributed by atoms with van der Waals surface area (Å²) in [4.78, 5) is 2.20. The second-order valence-electron chi connectivity index (χ2n) is 7.67. The van der Waals surface area contributed by atoms with E-state index >= 15 is 0 Å². The van der Waals surface area contributed by atoms with Crippen molar-refractivity contribution < 1.29 is 9.50 Å². The van der Waals surface area contributed by atoms with Crippen LogP contribution in [0.15, 0.2) is 85.4 Å². The molecule has 0 aromatic heterocycles. The second-order valence-corrected chi connectivity index (χ2v) is 7.67. The Morgan fingerprint density at radius 3 is 2.00 bits per heavy atom. The number of likely N-dealkylation sites (tertiary alicyclic amines) is 1. The molecule has 30 heavy (non-hydrogen) atoms. The van der Waals surface area contributed by atoms with Gasteiger partial charge in [-0.25, -0.2) is 4.39 Å². The Hall–Kier alpha value is -3.35. The zero-order chi connectivity index (χ0) is 21.0. The van der Waals surface area contributed by atoms with Crippen LogP contribution < -0.4 is 0 Å². The molecule has 0 amide bonds. The summed E-state index contributed by atoms with van der Waals surface area (Å²) >= 11 is 0. The second kappa shape index (κ2) is 8.57. The summed E-state index contributed by atoms with van der Waals surface area (Å²) in [6.07, 6.45) is 1.16. The van der Waals surface area contributed by atoms with Crippen molar-refractivity contribution in [2.75, 3.05) is 13.1 Å². The van der Waals surface area contributed by atoms with E-state index in [1.165, 1.54) is 12.1 Å². The number of hydrogen-bond acceptors (Lipinski definition) is 2. The van der Waals surface area contributed by atoms with Gasteiger partial charge < -0.3 is 10.0 Å². The van der Waals surface area contributed by atoms with Crippen LogP contribution >= 0.6 is 0 Å². The standard InChI is InChI=1S/C27H24FNO/c1-21(24-11-9-23(10-12-24)8-7-22-5-3-2-4-6-22)29-19-17-27(30,18-20-29)25-13-15-26(28)16-14-25/h2-6,9-16,30H,1,17-20H2. The molecule has 4 rings (SSSR count). The summed E-state index contributed by atoms with van der Waals surface area (Å²) in [5.41, 5.74) is 3.80. The first-order chi connectivity index (χ1) is 14.5. The molecule has 0 spiro atoms. The molecule has 0 unspecified atom stereocenters. The normalized spacial score (nSPS) is 15.2. The first kappa shape index (κ1) is 19.9. The summed E-state index contributed by atoms with van der Waals surface area (Å²) in [6, 6.07) is 24.2. The zero-order valence-corrected chi connectivity index (χ0v) is 16.8. The van der Waals surface area contributed by atoms with Crippen molar-refractivity contribution in [2.45, 2.75) is 18.4 Å². The lowest BCUT2D eigenvalue weighted by atomic mass is 9.84. The minimum atomic E-state index is -0.915. The van der Waals surface area contributed by atoms with Crippen molar-refractivity contribution in [3.63, 3.8) is 0 Å². The van der Waals surface area contributed by atoms with Crippen LogP contribution in [-0.2, 0) is 5.60 Å². The first-order valence-electron chi connectivity index (χ1n) is 10.1. The summed E-state index contributed by atoms with van der Waals surface area (Å²) in [5, 5.41) is 11.0. The fourth-order valence-electron chi connectivity index (χ4n) is 3.79. The molecule has 150 valence electrons. The molecular formula is C27H24FNO. The van der Waals surface area contributed by atoms with Gasteiger partial charge in [0.1, 0.15) is 5.82 Å². The molecular weight excluding hydrogens is 373 g/mol. The summed E-state index contributed by atoms with van der Waals surface area (Å²) < 4.78 is 13.2. The molecule has 0 bridgehead atoms. The number of nitrogens with zero attached hydrogens (tertiary/aromatic N) is 1. The third-order valence-electron chi connectivity index (χ3n) is 5.70. The smallest absolute Gasteiger partial charge is 0.123 e. The SMILES string of the molecule is C=C(c1ccc(C#Cc2ccccc2)cc1)N1CCC(O)(c2ccc(F)cc2)CC1. The van der Waals surface area contributed by atoms with E-state index in [-0.39, 0.29) is 5.82 Å². The average Bonchev–Trinajstić information content (AvgIpc) is 2.79. The molecule has 1 aliphatic rings. The quantitative estimate of drug-likeness (QED) is 0.616. The lowest BCUT2D eigenvalue weighted by molar-refractivity contribution is -0.0140. The van der Waals surface area contributed by atoms with E-state index in [1.807, 2.05) is 54.6 Å². The largest absolute Gasteiger partial charge is 0.385 e. The van der Waals surface area contributed by atoms with Gasteiger partial charge in [0.05, 0.1) is 5.60 Å². The lowest BCUT2D eigenvalue weighted by Crippen LogP contribution is -2.41. The maximum Gasteiger partial charge on any atom is 0.123 e. The Bertz CT molecular complexity index is 1070. The van der Waals surface area contributed by atoms with E-state index < -0.39 is 5.60 Å². The van der Waals surface area contributed by atoms with Crippen molar-refractivity contribution in [3.05, 3.63) is 114 Å². The molecule has 0 radical (unpaired) electrons. The molecule has 3 aromatic carbocycles. The molecule has 1 heterocycles. The number of aliphatic hydroxyl groups is 1. The predicted molar refractivity (Wildman–Crippen MR) is 119 cm³/mol. The van der Waals surface area contributed by atoms with Gasteiger partial charge in [-0.05, 0) is 60.4 Å². The zero-order valence-electron chi connectivity index (χ0n) is 16.8. The summed E-state index contributed by atoms with van der Waals surface area (Å²) in [6.45, 7) is 5.66. The highest BCUT2D eigenvalue weighted by molar-refractivity contribution is 5.63. The minimum Gasteiger partial charge on any atom is -0.385 e.